The second kappa shape index (κ2) is 5.69. The Bertz CT molecular complexity index is 453. The molecule has 0 bridgehead atoms. The van der Waals surface area contributed by atoms with E-state index in [0.29, 0.717) is 10.9 Å². The minimum absolute atomic E-state index is 0.140. The Balaban J connectivity index is 2.02. The monoisotopic (exact) mass is 315 g/mol. The van der Waals surface area contributed by atoms with Crippen molar-refractivity contribution in [2.75, 3.05) is 5.32 Å². The number of carboxylic acids is 1. The van der Waals surface area contributed by atoms with Crippen LogP contribution in [0.2, 0.25) is 0 Å². The van der Waals surface area contributed by atoms with Crippen LogP contribution in [0, 0.1) is 11.7 Å². The SMILES string of the molecule is O=C(O)C1CCCC(Nc2ccc(F)cc2Br)C1. The van der Waals surface area contributed by atoms with E-state index in [0.717, 1.165) is 24.9 Å². The van der Waals surface area contributed by atoms with Crippen molar-refractivity contribution >= 4 is 27.6 Å². The molecule has 1 aliphatic rings. The first kappa shape index (κ1) is 13.3. The highest BCUT2D eigenvalue weighted by Crippen LogP contribution is 2.30. The summed E-state index contributed by atoms with van der Waals surface area (Å²) >= 11 is 3.30. The number of halogens is 2. The Morgan fingerprint density at radius 3 is 2.89 bits per heavy atom. The number of benzene rings is 1. The van der Waals surface area contributed by atoms with Gasteiger partial charge in [-0.3, -0.25) is 4.79 Å². The van der Waals surface area contributed by atoms with E-state index >= 15 is 0 Å². The first-order chi connectivity index (χ1) is 8.56. The van der Waals surface area contributed by atoms with Gasteiger partial charge in [-0.05, 0) is 53.4 Å². The molecule has 0 amide bonds. The standard InChI is InChI=1S/C13H15BrFNO2/c14-11-7-9(15)4-5-12(11)16-10-3-1-2-8(6-10)13(17)18/h4-5,7-8,10,16H,1-3,6H2,(H,17,18). The minimum Gasteiger partial charge on any atom is -0.481 e. The molecule has 1 aliphatic carbocycles. The number of hydrogen-bond acceptors (Lipinski definition) is 2. The van der Waals surface area contributed by atoms with Gasteiger partial charge in [-0.1, -0.05) is 6.42 Å². The van der Waals surface area contributed by atoms with Crippen LogP contribution >= 0.6 is 15.9 Å². The van der Waals surface area contributed by atoms with Crippen LogP contribution in [-0.2, 0) is 4.79 Å². The van der Waals surface area contributed by atoms with E-state index in [-0.39, 0.29) is 17.8 Å². The van der Waals surface area contributed by atoms with E-state index in [1.54, 1.807) is 6.07 Å². The summed E-state index contributed by atoms with van der Waals surface area (Å²) in [4.78, 5) is 11.0. The van der Waals surface area contributed by atoms with E-state index in [4.69, 9.17) is 5.11 Å². The Labute approximate surface area is 114 Å². The van der Waals surface area contributed by atoms with E-state index < -0.39 is 5.97 Å². The Morgan fingerprint density at radius 1 is 1.44 bits per heavy atom. The Kier molecular flexibility index (Phi) is 4.22. The fourth-order valence-corrected chi connectivity index (χ4v) is 2.84. The number of anilines is 1. The molecule has 5 heteroatoms. The van der Waals surface area contributed by atoms with Crippen molar-refractivity contribution in [1.29, 1.82) is 0 Å². The van der Waals surface area contributed by atoms with Crippen molar-refractivity contribution in [1.82, 2.24) is 0 Å². The zero-order valence-corrected chi connectivity index (χ0v) is 11.4. The van der Waals surface area contributed by atoms with Crippen LogP contribution in [0.3, 0.4) is 0 Å². The molecule has 0 saturated heterocycles. The summed E-state index contributed by atoms with van der Waals surface area (Å²) in [5.74, 6) is -1.28. The predicted octanol–water partition coefficient (Wildman–Crippen LogP) is 3.64. The largest absolute Gasteiger partial charge is 0.481 e. The van der Waals surface area contributed by atoms with Crippen molar-refractivity contribution in [3.05, 3.63) is 28.5 Å². The molecule has 0 spiro atoms. The van der Waals surface area contributed by atoms with Gasteiger partial charge in [0.1, 0.15) is 5.82 Å². The summed E-state index contributed by atoms with van der Waals surface area (Å²) in [6, 6.07) is 4.61. The van der Waals surface area contributed by atoms with Gasteiger partial charge < -0.3 is 10.4 Å². The molecule has 2 unspecified atom stereocenters. The molecule has 0 aliphatic heterocycles. The van der Waals surface area contributed by atoms with Gasteiger partial charge in [0.2, 0.25) is 0 Å². The fourth-order valence-electron chi connectivity index (χ4n) is 2.37. The highest BCUT2D eigenvalue weighted by molar-refractivity contribution is 9.10. The smallest absolute Gasteiger partial charge is 0.306 e. The molecule has 18 heavy (non-hydrogen) atoms. The van der Waals surface area contributed by atoms with Crippen LogP contribution in [-0.4, -0.2) is 17.1 Å². The third kappa shape index (κ3) is 3.22. The number of rotatable bonds is 3. The van der Waals surface area contributed by atoms with Crippen LogP contribution < -0.4 is 5.32 Å². The van der Waals surface area contributed by atoms with Gasteiger partial charge in [0, 0.05) is 16.2 Å². The number of aliphatic carboxylic acids is 1. The van der Waals surface area contributed by atoms with Gasteiger partial charge in [0.05, 0.1) is 5.92 Å². The summed E-state index contributed by atoms with van der Waals surface area (Å²) in [7, 11) is 0. The maximum Gasteiger partial charge on any atom is 0.306 e. The lowest BCUT2D eigenvalue weighted by molar-refractivity contribution is -0.142. The molecule has 0 aromatic heterocycles. The van der Waals surface area contributed by atoms with Gasteiger partial charge in [0.15, 0.2) is 0 Å². The maximum absolute atomic E-state index is 13.0. The molecule has 2 atom stereocenters. The van der Waals surface area contributed by atoms with Crippen molar-refractivity contribution in [3.63, 3.8) is 0 Å². The molecule has 1 saturated carbocycles. The van der Waals surface area contributed by atoms with Gasteiger partial charge in [-0.2, -0.15) is 0 Å². The highest BCUT2D eigenvalue weighted by Gasteiger charge is 2.27. The predicted molar refractivity (Wildman–Crippen MR) is 71.1 cm³/mol. The summed E-state index contributed by atoms with van der Waals surface area (Å²) in [5, 5.41) is 12.3. The third-order valence-electron chi connectivity index (χ3n) is 3.31. The lowest BCUT2D eigenvalue weighted by Gasteiger charge is -2.28. The molecule has 2 N–H and O–H groups in total. The number of hydrogen-bond donors (Lipinski definition) is 2. The van der Waals surface area contributed by atoms with E-state index in [1.165, 1.54) is 12.1 Å². The Hall–Kier alpha value is -1.10. The number of carboxylic acid groups (broad SMARTS) is 1. The second-order valence-electron chi connectivity index (χ2n) is 4.67. The minimum atomic E-state index is -0.723. The first-order valence-electron chi connectivity index (χ1n) is 6.00. The normalized spacial score (nSPS) is 23.7. The quantitative estimate of drug-likeness (QED) is 0.895. The Morgan fingerprint density at radius 2 is 2.22 bits per heavy atom. The summed E-state index contributed by atoms with van der Waals surface area (Å²) in [6.45, 7) is 0. The average Bonchev–Trinajstić information content (AvgIpc) is 2.33. The van der Waals surface area contributed by atoms with Crippen LogP contribution in [0.25, 0.3) is 0 Å². The highest BCUT2D eigenvalue weighted by atomic mass is 79.9. The van der Waals surface area contributed by atoms with Crippen LogP contribution in [0.4, 0.5) is 10.1 Å². The average molecular weight is 316 g/mol. The molecule has 1 aromatic carbocycles. The second-order valence-corrected chi connectivity index (χ2v) is 5.52. The van der Waals surface area contributed by atoms with Gasteiger partial charge >= 0.3 is 5.97 Å². The van der Waals surface area contributed by atoms with Crippen molar-refractivity contribution in [2.24, 2.45) is 5.92 Å². The van der Waals surface area contributed by atoms with Crippen LogP contribution in [0.15, 0.2) is 22.7 Å². The topological polar surface area (TPSA) is 49.3 Å². The summed E-state index contributed by atoms with van der Waals surface area (Å²) < 4.78 is 13.6. The van der Waals surface area contributed by atoms with Gasteiger partial charge in [0.25, 0.3) is 0 Å². The molecule has 1 aromatic rings. The molecule has 2 rings (SSSR count). The van der Waals surface area contributed by atoms with Crippen molar-refractivity contribution < 1.29 is 14.3 Å². The van der Waals surface area contributed by atoms with Crippen molar-refractivity contribution in [3.8, 4) is 0 Å². The van der Waals surface area contributed by atoms with Crippen molar-refractivity contribution in [2.45, 2.75) is 31.7 Å². The third-order valence-corrected chi connectivity index (χ3v) is 3.97. The zero-order chi connectivity index (χ0) is 13.1. The molecular weight excluding hydrogens is 301 g/mol. The van der Waals surface area contributed by atoms with Crippen LogP contribution in [0.1, 0.15) is 25.7 Å². The molecule has 0 radical (unpaired) electrons. The fraction of sp³-hybridized carbons (Fsp3) is 0.462. The molecule has 1 fully saturated rings. The van der Waals surface area contributed by atoms with Crippen LogP contribution in [0.5, 0.6) is 0 Å². The lowest BCUT2D eigenvalue weighted by Crippen LogP contribution is -2.31. The van der Waals surface area contributed by atoms with Gasteiger partial charge in [-0.15, -0.1) is 0 Å². The molecular formula is C13H15BrFNO2. The zero-order valence-electron chi connectivity index (χ0n) is 9.83. The summed E-state index contributed by atoms with van der Waals surface area (Å²) in [6.07, 6.45) is 3.23. The summed E-state index contributed by atoms with van der Waals surface area (Å²) in [5.41, 5.74) is 0.812. The molecule has 98 valence electrons. The number of carbonyl (C=O) groups is 1. The molecule has 0 heterocycles. The maximum atomic E-state index is 13.0. The lowest BCUT2D eigenvalue weighted by atomic mass is 9.85. The number of nitrogens with one attached hydrogen (secondary N) is 1. The first-order valence-corrected chi connectivity index (χ1v) is 6.80. The van der Waals surface area contributed by atoms with Gasteiger partial charge in [-0.25, -0.2) is 4.39 Å². The van der Waals surface area contributed by atoms with E-state index in [1.807, 2.05) is 0 Å². The van der Waals surface area contributed by atoms with E-state index in [9.17, 15) is 9.18 Å². The molecule has 3 nitrogen and oxygen atoms in total. The van der Waals surface area contributed by atoms with E-state index in [2.05, 4.69) is 21.2 Å².